The van der Waals surface area contributed by atoms with Crippen LogP contribution in [-0.2, 0) is 17.7 Å². The van der Waals surface area contributed by atoms with Gasteiger partial charge in [-0.15, -0.1) is 0 Å². The van der Waals surface area contributed by atoms with E-state index in [1.807, 2.05) is 6.92 Å². The predicted molar refractivity (Wildman–Crippen MR) is 81.3 cm³/mol. The van der Waals surface area contributed by atoms with Crippen LogP contribution >= 0.6 is 0 Å². The molecular weight excluding hydrogens is 282 g/mol. The minimum Gasteiger partial charge on any atom is -0.390 e. The maximum Gasteiger partial charge on any atom is 0.240 e. The molecule has 124 valence electrons. The highest BCUT2D eigenvalue weighted by Gasteiger charge is 2.44. The molecule has 0 amide bonds. The second-order valence-corrected chi connectivity index (χ2v) is 6.82. The fourth-order valence-electron chi connectivity index (χ4n) is 3.74. The quantitative estimate of drug-likeness (QED) is 0.894. The van der Waals surface area contributed by atoms with E-state index in [4.69, 9.17) is 9.26 Å². The molecule has 0 radical (unpaired) electrons. The van der Waals surface area contributed by atoms with Crippen LogP contribution in [0.3, 0.4) is 0 Å². The highest BCUT2D eigenvalue weighted by molar-refractivity contribution is 4.97. The van der Waals surface area contributed by atoms with Crippen molar-refractivity contribution in [3.8, 4) is 0 Å². The number of nitrogens with zero attached hydrogens (tertiary/aromatic N) is 3. The van der Waals surface area contributed by atoms with Crippen molar-refractivity contribution in [2.75, 3.05) is 19.8 Å². The van der Waals surface area contributed by atoms with Crippen molar-refractivity contribution in [1.82, 2.24) is 15.0 Å². The lowest BCUT2D eigenvalue weighted by molar-refractivity contribution is -0.124. The Hall–Kier alpha value is -0.980. The van der Waals surface area contributed by atoms with Crippen LogP contribution in [0.25, 0.3) is 0 Å². The normalized spacial score (nSPS) is 33.4. The van der Waals surface area contributed by atoms with Crippen molar-refractivity contribution >= 4 is 0 Å². The average molecular weight is 309 g/mol. The van der Waals surface area contributed by atoms with Gasteiger partial charge in [0, 0.05) is 25.0 Å². The van der Waals surface area contributed by atoms with Crippen LogP contribution in [0, 0.1) is 5.92 Å². The van der Waals surface area contributed by atoms with Gasteiger partial charge in [0.1, 0.15) is 0 Å². The number of aryl methyl sites for hydroxylation is 1. The summed E-state index contributed by atoms with van der Waals surface area (Å²) < 4.78 is 11.0. The maximum atomic E-state index is 10.7. The molecule has 1 N–H and O–H groups in total. The number of aromatic nitrogens is 2. The van der Waals surface area contributed by atoms with Gasteiger partial charge in [-0.3, -0.25) is 4.90 Å². The molecule has 1 aromatic heterocycles. The summed E-state index contributed by atoms with van der Waals surface area (Å²) >= 11 is 0. The first kappa shape index (κ1) is 15.9. The van der Waals surface area contributed by atoms with Gasteiger partial charge in [-0.05, 0) is 39.2 Å². The van der Waals surface area contributed by atoms with Gasteiger partial charge in [-0.2, -0.15) is 4.98 Å². The SMILES string of the molecule is CCCc1noc(CN2CCC[C@@H]2[C@H]2COCC[C@@]2(C)O)n1. The second kappa shape index (κ2) is 6.64. The third kappa shape index (κ3) is 3.34. The third-order valence-corrected chi connectivity index (χ3v) is 5.05. The molecule has 0 unspecified atom stereocenters. The number of aliphatic hydroxyl groups is 1. The lowest BCUT2D eigenvalue weighted by Crippen LogP contribution is -2.52. The number of likely N-dealkylation sites (tertiary alicyclic amines) is 1. The minimum atomic E-state index is -0.645. The first-order valence-electron chi connectivity index (χ1n) is 8.46. The highest BCUT2D eigenvalue weighted by Crippen LogP contribution is 2.36. The summed E-state index contributed by atoms with van der Waals surface area (Å²) in [6.45, 7) is 7.04. The fourth-order valence-corrected chi connectivity index (χ4v) is 3.74. The fraction of sp³-hybridized carbons (Fsp3) is 0.875. The van der Waals surface area contributed by atoms with Crippen LogP contribution in [0.2, 0.25) is 0 Å². The van der Waals surface area contributed by atoms with Gasteiger partial charge in [0.05, 0.1) is 18.8 Å². The van der Waals surface area contributed by atoms with Gasteiger partial charge >= 0.3 is 0 Å². The lowest BCUT2D eigenvalue weighted by atomic mass is 9.79. The van der Waals surface area contributed by atoms with Crippen molar-refractivity contribution in [3.05, 3.63) is 11.7 Å². The number of ether oxygens (including phenoxy) is 1. The van der Waals surface area contributed by atoms with E-state index in [-0.39, 0.29) is 5.92 Å². The molecule has 22 heavy (non-hydrogen) atoms. The van der Waals surface area contributed by atoms with Crippen molar-refractivity contribution in [2.24, 2.45) is 5.92 Å². The molecule has 0 bridgehead atoms. The first-order chi connectivity index (χ1) is 10.6. The van der Waals surface area contributed by atoms with Crippen LogP contribution in [-0.4, -0.2) is 51.5 Å². The molecule has 0 saturated carbocycles. The predicted octanol–water partition coefficient (Wildman–Crippen LogP) is 1.77. The molecule has 2 aliphatic rings. The molecule has 0 aromatic carbocycles. The molecule has 2 aliphatic heterocycles. The summed E-state index contributed by atoms with van der Waals surface area (Å²) in [4.78, 5) is 6.84. The van der Waals surface area contributed by atoms with E-state index in [1.54, 1.807) is 0 Å². The van der Waals surface area contributed by atoms with Crippen LogP contribution < -0.4 is 0 Å². The van der Waals surface area contributed by atoms with Gasteiger partial charge in [0.15, 0.2) is 5.82 Å². The third-order valence-electron chi connectivity index (χ3n) is 5.05. The van der Waals surface area contributed by atoms with Gasteiger partial charge in [-0.1, -0.05) is 12.1 Å². The molecular formula is C16H27N3O3. The first-order valence-corrected chi connectivity index (χ1v) is 8.46. The molecule has 3 rings (SSSR count). The van der Waals surface area contributed by atoms with Crippen molar-refractivity contribution in [1.29, 1.82) is 0 Å². The van der Waals surface area contributed by atoms with E-state index in [1.165, 1.54) is 0 Å². The van der Waals surface area contributed by atoms with Gasteiger partial charge < -0.3 is 14.4 Å². The highest BCUT2D eigenvalue weighted by atomic mass is 16.5. The number of rotatable bonds is 5. The van der Waals surface area contributed by atoms with E-state index in [9.17, 15) is 5.11 Å². The molecule has 3 atom stereocenters. The summed E-state index contributed by atoms with van der Waals surface area (Å²) in [5.41, 5.74) is -0.645. The van der Waals surface area contributed by atoms with E-state index >= 15 is 0 Å². The summed E-state index contributed by atoms with van der Waals surface area (Å²) in [6, 6.07) is 0.330. The molecule has 0 aliphatic carbocycles. The van der Waals surface area contributed by atoms with Crippen molar-refractivity contribution in [3.63, 3.8) is 0 Å². The maximum absolute atomic E-state index is 10.7. The minimum absolute atomic E-state index is 0.154. The number of hydrogen-bond donors (Lipinski definition) is 1. The average Bonchev–Trinajstić information content (AvgIpc) is 3.09. The van der Waals surface area contributed by atoms with Crippen LogP contribution in [0.4, 0.5) is 0 Å². The van der Waals surface area contributed by atoms with Gasteiger partial charge in [0.2, 0.25) is 5.89 Å². The zero-order valence-corrected chi connectivity index (χ0v) is 13.6. The Labute approximate surface area is 131 Å². The molecule has 0 spiro atoms. The van der Waals surface area contributed by atoms with Crippen LogP contribution in [0.15, 0.2) is 4.52 Å². The van der Waals surface area contributed by atoms with E-state index in [0.717, 1.165) is 38.1 Å². The summed E-state index contributed by atoms with van der Waals surface area (Å²) in [7, 11) is 0. The lowest BCUT2D eigenvalue weighted by Gasteiger charge is -2.43. The summed E-state index contributed by atoms with van der Waals surface area (Å²) in [6.07, 6.45) is 4.84. The van der Waals surface area contributed by atoms with Gasteiger partial charge in [0.25, 0.3) is 0 Å². The molecule has 1 aromatic rings. The van der Waals surface area contributed by atoms with E-state index in [0.29, 0.717) is 38.1 Å². The molecule has 3 heterocycles. The Balaban J connectivity index is 1.67. The van der Waals surface area contributed by atoms with Gasteiger partial charge in [-0.25, -0.2) is 0 Å². The molecule has 6 heteroatoms. The van der Waals surface area contributed by atoms with Crippen molar-refractivity contribution < 1.29 is 14.4 Å². The van der Waals surface area contributed by atoms with E-state index in [2.05, 4.69) is 22.0 Å². The molecule has 6 nitrogen and oxygen atoms in total. The standard InChI is InChI=1S/C16H27N3O3/c1-3-5-14-17-15(22-18-14)10-19-8-4-6-13(19)12-11-21-9-7-16(12,2)20/h12-13,20H,3-11H2,1-2H3/t12-,13-,16-/m1/s1. The molecule has 2 fully saturated rings. The Morgan fingerprint density at radius 3 is 3.09 bits per heavy atom. The summed E-state index contributed by atoms with van der Waals surface area (Å²) in [5.74, 6) is 1.63. The Bertz CT molecular complexity index is 489. The Morgan fingerprint density at radius 1 is 1.45 bits per heavy atom. The van der Waals surface area contributed by atoms with Crippen molar-refractivity contribution in [2.45, 2.75) is 64.1 Å². The summed E-state index contributed by atoms with van der Waals surface area (Å²) in [5, 5.41) is 14.7. The smallest absolute Gasteiger partial charge is 0.240 e. The van der Waals surface area contributed by atoms with E-state index < -0.39 is 5.60 Å². The second-order valence-electron chi connectivity index (χ2n) is 6.82. The largest absolute Gasteiger partial charge is 0.390 e. The zero-order chi connectivity index (χ0) is 15.6. The number of hydrogen-bond acceptors (Lipinski definition) is 6. The monoisotopic (exact) mass is 309 g/mol. The van der Waals surface area contributed by atoms with Crippen LogP contribution in [0.5, 0.6) is 0 Å². The molecule has 2 saturated heterocycles. The van der Waals surface area contributed by atoms with Crippen LogP contribution in [0.1, 0.15) is 51.2 Å². The Morgan fingerprint density at radius 2 is 2.32 bits per heavy atom. The zero-order valence-electron chi connectivity index (χ0n) is 13.6. The Kier molecular flexibility index (Phi) is 4.80. The topological polar surface area (TPSA) is 71.6 Å².